The monoisotopic (exact) mass is 269 g/mol. The van der Waals surface area contributed by atoms with Gasteiger partial charge in [0.15, 0.2) is 11.9 Å². The van der Waals surface area contributed by atoms with E-state index in [9.17, 15) is 0 Å². The van der Waals surface area contributed by atoms with Crippen LogP contribution in [0.5, 0.6) is 5.75 Å². The zero-order valence-corrected chi connectivity index (χ0v) is 11.6. The van der Waals surface area contributed by atoms with E-state index in [1.807, 2.05) is 12.1 Å². The number of hydrogen-bond donors (Lipinski definition) is 0. The van der Waals surface area contributed by atoms with Crippen LogP contribution in [0.1, 0.15) is 49.0 Å². The van der Waals surface area contributed by atoms with Crippen molar-refractivity contribution in [3.8, 4) is 5.75 Å². The lowest BCUT2D eigenvalue weighted by molar-refractivity contribution is 0.219. The van der Waals surface area contributed by atoms with E-state index in [2.05, 4.69) is 26.9 Å². The first-order valence-corrected chi connectivity index (χ1v) is 7.58. The summed E-state index contributed by atoms with van der Waals surface area (Å²) in [5.74, 6) is 3.15. The van der Waals surface area contributed by atoms with Gasteiger partial charge in [-0.2, -0.15) is 0 Å². The Kier molecular flexibility index (Phi) is 2.94. The van der Waals surface area contributed by atoms with Crippen molar-refractivity contribution in [3.63, 3.8) is 0 Å². The normalized spacial score (nSPS) is 21.5. The highest BCUT2D eigenvalue weighted by Crippen LogP contribution is 2.36. The van der Waals surface area contributed by atoms with Gasteiger partial charge in [0, 0.05) is 19.4 Å². The molecule has 2 aliphatic heterocycles. The molecule has 0 saturated carbocycles. The van der Waals surface area contributed by atoms with Gasteiger partial charge in [-0.1, -0.05) is 31.0 Å². The molecule has 0 saturated heterocycles. The van der Waals surface area contributed by atoms with Crippen LogP contribution in [-0.2, 0) is 19.4 Å². The molecule has 4 rings (SSSR count). The van der Waals surface area contributed by atoms with E-state index in [1.165, 1.54) is 31.2 Å². The van der Waals surface area contributed by atoms with Crippen molar-refractivity contribution in [2.75, 3.05) is 0 Å². The largest absolute Gasteiger partial charge is 0.482 e. The Balaban J connectivity index is 1.64. The highest BCUT2D eigenvalue weighted by molar-refractivity contribution is 5.38. The van der Waals surface area contributed by atoms with Crippen LogP contribution in [0.25, 0.3) is 0 Å². The maximum atomic E-state index is 6.07. The van der Waals surface area contributed by atoms with E-state index >= 15 is 0 Å². The fourth-order valence-corrected chi connectivity index (χ4v) is 3.25. The fraction of sp³-hybridized carbons (Fsp3) is 0.500. The van der Waals surface area contributed by atoms with Crippen molar-refractivity contribution < 1.29 is 4.74 Å². The first-order valence-electron chi connectivity index (χ1n) is 7.58. The maximum absolute atomic E-state index is 6.07. The number of aromatic nitrogens is 3. The number of hydrogen-bond acceptors (Lipinski definition) is 3. The predicted octanol–water partition coefficient (Wildman–Crippen LogP) is 3.07. The molecule has 4 heteroatoms. The first kappa shape index (κ1) is 11.9. The molecule has 1 aromatic heterocycles. The van der Waals surface area contributed by atoms with E-state index in [4.69, 9.17) is 4.74 Å². The molecule has 4 nitrogen and oxygen atoms in total. The average Bonchev–Trinajstić information content (AvgIpc) is 3.01. The Labute approximate surface area is 118 Å². The van der Waals surface area contributed by atoms with Gasteiger partial charge in [-0.05, 0) is 24.5 Å². The van der Waals surface area contributed by atoms with Crippen LogP contribution in [0.4, 0.5) is 0 Å². The maximum Gasteiger partial charge on any atom is 0.174 e. The zero-order valence-electron chi connectivity index (χ0n) is 11.6. The van der Waals surface area contributed by atoms with E-state index in [0.29, 0.717) is 0 Å². The molecule has 0 spiro atoms. The van der Waals surface area contributed by atoms with E-state index in [1.54, 1.807) is 0 Å². The van der Waals surface area contributed by atoms with Crippen LogP contribution in [0, 0.1) is 0 Å². The highest BCUT2D eigenvalue weighted by atomic mass is 16.5. The number of nitrogens with zero attached hydrogens (tertiary/aromatic N) is 3. The number of rotatable bonds is 1. The van der Waals surface area contributed by atoms with Gasteiger partial charge in [0.25, 0.3) is 0 Å². The fourth-order valence-electron chi connectivity index (χ4n) is 3.25. The molecule has 3 heterocycles. The van der Waals surface area contributed by atoms with Gasteiger partial charge >= 0.3 is 0 Å². The quantitative estimate of drug-likeness (QED) is 0.798. The van der Waals surface area contributed by atoms with Gasteiger partial charge in [-0.25, -0.2) is 0 Å². The minimum atomic E-state index is 0.0353. The van der Waals surface area contributed by atoms with Crippen molar-refractivity contribution in [1.29, 1.82) is 0 Å². The topological polar surface area (TPSA) is 39.9 Å². The second-order valence-electron chi connectivity index (χ2n) is 5.71. The summed E-state index contributed by atoms with van der Waals surface area (Å²) in [6.45, 7) is 1.04. The Hall–Kier alpha value is -1.84. The van der Waals surface area contributed by atoms with E-state index in [-0.39, 0.29) is 6.10 Å². The molecular formula is C16H19N3O. The van der Waals surface area contributed by atoms with Gasteiger partial charge in [0.05, 0.1) is 0 Å². The molecule has 0 bridgehead atoms. The molecule has 2 aliphatic rings. The van der Waals surface area contributed by atoms with Crippen LogP contribution in [0.15, 0.2) is 24.3 Å². The molecule has 0 fully saturated rings. The summed E-state index contributed by atoms with van der Waals surface area (Å²) >= 11 is 0. The minimum absolute atomic E-state index is 0.0353. The third-order valence-corrected chi connectivity index (χ3v) is 4.32. The van der Waals surface area contributed by atoms with E-state index in [0.717, 1.165) is 36.8 Å². The lowest BCUT2D eigenvalue weighted by Gasteiger charge is -2.16. The summed E-state index contributed by atoms with van der Waals surface area (Å²) in [4.78, 5) is 0. The Morgan fingerprint density at radius 2 is 1.95 bits per heavy atom. The van der Waals surface area contributed by atoms with Gasteiger partial charge < -0.3 is 9.30 Å². The molecular weight excluding hydrogens is 250 g/mol. The lowest BCUT2D eigenvalue weighted by atomic mass is 10.1. The van der Waals surface area contributed by atoms with Crippen molar-refractivity contribution in [3.05, 3.63) is 41.5 Å². The number of para-hydroxylation sites is 1. The first-order chi connectivity index (χ1) is 9.92. The Morgan fingerprint density at radius 1 is 1.05 bits per heavy atom. The molecule has 104 valence electrons. The summed E-state index contributed by atoms with van der Waals surface area (Å²) in [7, 11) is 0. The molecule has 1 aromatic carbocycles. The number of fused-ring (bicyclic) bond motifs is 2. The molecule has 0 radical (unpaired) electrons. The molecule has 20 heavy (non-hydrogen) atoms. The highest BCUT2D eigenvalue weighted by Gasteiger charge is 2.29. The van der Waals surface area contributed by atoms with E-state index < -0.39 is 0 Å². The third-order valence-electron chi connectivity index (χ3n) is 4.32. The van der Waals surface area contributed by atoms with Gasteiger partial charge in [-0.3, -0.25) is 0 Å². The van der Waals surface area contributed by atoms with Crippen LogP contribution < -0.4 is 4.74 Å². The molecule has 0 amide bonds. The summed E-state index contributed by atoms with van der Waals surface area (Å²) in [6.07, 6.45) is 7.06. The van der Waals surface area contributed by atoms with Crippen LogP contribution in [-0.4, -0.2) is 14.8 Å². The number of benzene rings is 1. The van der Waals surface area contributed by atoms with Crippen LogP contribution >= 0.6 is 0 Å². The molecule has 2 aromatic rings. The SMILES string of the molecule is c1ccc2c(c1)CC(c1nnc3n1CCCCCC3)O2. The van der Waals surface area contributed by atoms with Gasteiger partial charge in [0.2, 0.25) is 0 Å². The molecule has 0 N–H and O–H groups in total. The third kappa shape index (κ3) is 1.99. The van der Waals surface area contributed by atoms with Crippen molar-refractivity contribution in [1.82, 2.24) is 14.8 Å². The van der Waals surface area contributed by atoms with Gasteiger partial charge in [0.1, 0.15) is 11.6 Å². The predicted molar refractivity (Wildman–Crippen MR) is 75.7 cm³/mol. The Bertz CT molecular complexity index is 595. The smallest absolute Gasteiger partial charge is 0.174 e. The lowest BCUT2D eigenvalue weighted by Crippen LogP contribution is -2.15. The summed E-state index contributed by atoms with van der Waals surface area (Å²) in [5, 5.41) is 8.83. The number of aryl methyl sites for hydroxylation is 1. The number of ether oxygens (including phenoxy) is 1. The van der Waals surface area contributed by atoms with Crippen molar-refractivity contribution in [2.45, 2.75) is 51.2 Å². The summed E-state index contributed by atoms with van der Waals surface area (Å²) in [6, 6.07) is 8.27. The summed E-state index contributed by atoms with van der Waals surface area (Å²) in [5.41, 5.74) is 1.28. The average molecular weight is 269 g/mol. The molecule has 0 aliphatic carbocycles. The second-order valence-corrected chi connectivity index (χ2v) is 5.71. The van der Waals surface area contributed by atoms with Gasteiger partial charge in [-0.15, -0.1) is 10.2 Å². The zero-order chi connectivity index (χ0) is 13.4. The van der Waals surface area contributed by atoms with Crippen LogP contribution in [0.2, 0.25) is 0 Å². The standard InChI is InChI=1S/C16H19N3O/c1-2-6-10-19-15(9-3-1)17-18-16(19)14-11-12-7-4-5-8-13(12)20-14/h4-5,7-8,14H,1-3,6,9-11H2. The van der Waals surface area contributed by atoms with Crippen molar-refractivity contribution in [2.24, 2.45) is 0 Å². The minimum Gasteiger partial charge on any atom is -0.482 e. The van der Waals surface area contributed by atoms with Crippen LogP contribution in [0.3, 0.4) is 0 Å². The Morgan fingerprint density at radius 3 is 2.90 bits per heavy atom. The second kappa shape index (κ2) is 4.93. The van der Waals surface area contributed by atoms with Crippen molar-refractivity contribution >= 4 is 0 Å². The molecule has 1 unspecified atom stereocenters. The summed E-state index contributed by atoms with van der Waals surface area (Å²) < 4.78 is 8.37. The molecule has 1 atom stereocenters.